The minimum absolute atomic E-state index is 0.109. The van der Waals surface area contributed by atoms with E-state index < -0.39 is 0 Å². The summed E-state index contributed by atoms with van der Waals surface area (Å²) >= 11 is 0. The lowest BCUT2D eigenvalue weighted by atomic mass is 10.1. The number of fused-ring (bicyclic) bond motifs is 3. The molecule has 0 bridgehead atoms. The molecule has 146 valence electrons. The number of nitrogens with zero attached hydrogens (tertiary/aromatic N) is 3. The molecule has 3 aromatic rings. The predicted molar refractivity (Wildman–Crippen MR) is 115 cm³/mol. The minimum Gasteiger partial charge on any atom is -0.350 e. The van der Waals surface area contributed by atoms with Crippen molar-refractivity contribution in [3.63, 3.8) is 0 Å². The molecule has 0 aliphatic carbocycles. The van der Waals surface area contributed by atoms with Crippen molar-refractivity contribution in [3.05, 3.63) is 89.6 Å². The Morgan fingerprint density at radius 3 is 2.59 bits per heavy atom. The molecule has 2 aliphatic rings. The van der Waals surface area contributed by atoms with E-state index in [0.717, 1.165) is 44.1 Å². The van der Waals surface area contributed by atoms with E-state index in [-0.39, 0.29) is 5.91 Å². The van der Waals surface area contributed by atoms with Crippen molar-refractivity contribution in [3.8, 4) is 0 Å². The van der Waals surface area contributed by atoms with Crippen LogP contribution in [0, 0.1) is 0 Å². The third-order valence-electron chi connectivity index (χ3n) is 5.78. The van der Waals surface area contributed by atoms with Gasteiger partial charge in [0.1, 0.15) is 5.82 Å². The van der Waals surface area contributed by atoms with Crippen molar-refractivity contribution in [1.29, 1.82) is 0 Å². The Balaban J connectivity index is 1.27. The van der Waals surface area contributed by atoms with Gasteiger partial charge < -0.3 is 10.2 Å². The normalized spacial score (nSPS) is 18.2. The number of aromatic nitrogens is 1. The van der Waals surface area contributed by atoms with Crippen molar-refractivity contribution in [2.24, 2.45) is 0 Å². The predicted octanol–water partition coefficient (Wildman–Crippen LogP) is 3.58. The Morgan fingerprint density at radius 1 is 1.03 bits per heavy atom. The van der Waals surface area contributed by atoms with Crippen molar-refractivity contribution in [2.75, 3.05) is 29.9 Å². The highest BCUT2D eigenvalue weighted by atomic mass is 16.1. The van der Waals surface area contributed by atoms with Crippen LogP contribution in [0.5, 0.6) is 0 Å². The molecular weight excluding hydrogens is 360 g/mol. The number of hydrogen-bond acceptors (Lipinski definition) is 4. The van der Waals surface area contributed by atoms with Gasteiger partial charge in [0.15, 0.2) is 0 Å². The van der Waals surface area contributed by atoms with E-state index in [1.807, 2.05) is 36.4 Å². The number of anilines is 2. The van der Waals surface area contributed by atoms with E-state index in [9.17, 15) is 4.79 Å². The van der Waals surface area contributed by atoms with Crippen molar-refractivity contribution >= 4 is 17.4 Å². The van der Waals surface area contributed by atoms with E-state index in [1.54, 1.807) is 6.20 Å². The fourth-order valence-electron chi connectivity index (χ4n) is 4.37. The number of carbonyl (C=O) groups is 1. The number of benzene rings is 2. The lowest BCUT2D eigenvalue weighted by Crippen LogP contribution is -2.51. The van der Waals surface area contributed by atoms with Crippen LogP contribution in [0.25, 0.3) is 0 Å². The number of rotatable bonds is 4. The highest BCUT2D eigenvalue weighted by Gasteiger charge is 2.35. The molecule has 5 nitrogen and oxygen atoms in total. The number of carbonyl (C=O) groups excluding carboxylic acids is 1. The minimum atomic E-state index is -0.109. The van der Waals surface area contributed by atoms with Gasteiger partial charge in [0.05, 0.1) is 5.56 Å². The second kappa shape index (κ2) is 7.68. The van der Waals surface area contributed by atoms with Gasteiger partial charge in [0.25, 0.3) is 5.91 Å². The lowest BCUT2D eigenvalue weighted by Gasteiger charge is -2.38. The summed E-state index contributed by atoms with van der Waals surface area (Å²) in [4.78, 5) is 22.2. The van der Waals surface area contributed by atoms with Crippen LogP contribution in [-0.4, -0.2) is 41.5 Å². The zero-order valence-electron chi connectivity index (χ0n) is 16.3. The largest absolute Gasteiger partial charge is 0.350 e. The zero-order valence-corrected chi connectivity index (χ0v) is 16.3. The third-order valence-corrected chi connectivity index (χ3v) is 5.78. The van der Waals surface area contributed by atoms with Gasteiger partial charge in [-0.05, 0) is 35.7 Å². The first-order valence-electron chi connectivity index (χ1n) is 10.1. The Labute approximate surface area is 171 Å². The number of nitrogens with one attached hydrogen (secondary N) is 1. The molecule has 0 saturated carbocycles. The SMILES string of the molecule is O=C(Nc1ccccc1)c1cnc2c(c1)CC1CN(Cc3ccccc3)CCN21. The molecular formula is C24H24N4O. The van der Waals surface area contributed by atoms with Gasteiger partial charge in [-0.15, -0.1) is 0 Å². The van der Waals surface area contributed by atoms with Crippen LogP contribution in [0.1, 0.15) is 21.5 Å². The Bertz CT molecular complexity index is 1010. The molecule has 1 unspecified atom stereocenters. The molecule has 0 radical (unpaired) electrons. The van der Waals surface area contributed by atoms with Gasteiger partial charge in [-0.2, -0.15) is 0 Å². The van der Waals surface area contributed by atoms with E-state index in [0.29, 0.717) is 11.6 Å². The van der Waals surface area contributed by atoms with Crippen molar-refractivity contribution < 1.29 is 4.79 Å². The first-order valence-corrected chi connectivity index (χ1v) is 10.1. The summed E-state index contributed by atoms with van der Waals surface area (Å²) in [7, 11) is 0. The van der Waals surface area contributed by atoms with Crippen molar-refractivity contribution in [2.45, 2.75) is 19.0 Å². The molecule has 3 heterocycles. The molecule has 1 atom stereocenters. The summed E-state index contributed by atoms with van der Waals surface area (Å²) < 4.78 is 0. The summed E-state index contributed by atoms with van der Waals surface area (Å²) in [5, 5.41) is 2.95. The molecule has 0 spiro atoms. The smallest absolute Gasteiger partial charge is 0.257 e. The van der Waals surface area contributed by atoms with E-state index in [2.05, 4.69) is 50.4 Å². The van der Waals surface area contributed by atoms with Crippen LogP contribution in [0.4, 0.5) is 11.5 Å². The van der Waals surface area contributed by atoms with Crippen LogP contribution in [0.2, 0.25) is 0 Å². The van der Waals surface area contributed by atoms with Crippen LogP contribution in [0.15, 0.2) is 72.9 Å². The fraction of sp³-hybridized carbons (Fsp3) is 0.250. The molecule has 1 saturated heterocycles. The zero-order chi connectivity index (χ0) is 19.6. The summed E-state index contributed by atoms with van der Waals surface area (Å²) in [5.74, 6) is 0.938. The summed E-state index contributed by atoms with van der Waals surface area (Å²) in [6.07, 6.45) is 2.65. The van der Waals surface area contributed by atoms with E-state index >= 15 is 0 Å². The quantitative estimate of drug-likeness (QED) is 0.747. The monoisotopic (exact) mass is 384 g/mol. The van der Waals surface area contributed by atoms with Gasteiger partial charge in [-0.3, -0.25) is 9.69 Å². The topological polar surface area (TPSA) is 48.5 Å². The molecule has 5 heteroatoms. The molecule has 1 N–H and O–H groups in total. The maximum atomic E-state index is 12.6. The van der Waals surface area contributed by atoms with Crippen LogP contribution < -0.4 is 10.2 Å². The maximum absolute atomic E-state index is 12.6. The van der Waals surface area contributed by atoms with E-state index in [1.165, 1.54) is 11.1 Å². The Kier molecular flexibility index (Phi) is 4.74. The van der Waals surface area contributed by atoms with Gasteiger partial charge in [-0.1, -0.05) is 48.5 Å². The summed E-state index contributed by atoms with van der Waals surface area (Å²) in [6.45, 7) is 4.02. The highest BCUT2D eigenvalue weighted by Crippen LogP contribution is 2.33. The Morgan fingerprint density at radius 2 is 1.79 bits per heavy atom. The second-order valence-electron chi connectivity index (χ2n) is 7.80. The average molecular weight is 384 g/mol. The first kappa shape index (κ1) is 17.9. The molecule has 2 aromatic carbocycles. The summed E-state index contributed by atoms with van der Waals surface area (Å²) in [5.41, 5.74) is 3.95. The number of para-hydroxylation sites is 1. The number of pyridine rings is 1. The van der Waals surface area contributed by atoms with Crippen LogP contribution in [-0.2, 0) is 13.0 Å². The van der Waals surface area contributed by atoms with Crippen molar-refractivity contribution in [1.82, 2.24) is 9.88 Å². The maximum Gasteiger partial charge on any atom is 0.257 e. The molecule has 1 aromatic heterocycles. The second-order valence-corrected chi connectivity index (χ2v) is 7.80. The van der Waals surface area contributed by atoms with E-state index in [4.69, 9.17) is 0 Å². The highest BCUT2D eigenvalue weighted by molar-refractivity contribution is 6.04. The lowest BCUT2D eigenvalue weighted by molar-refractivity contribution is 0.102. The summed E-state index contributed by atoms with van der Waals surface area (Å²) in [6, 6.07) is 22.6. The number of hydrogen-bond donors (Lipinski definition) is 1. The average Bonchev–Trinajstić information content (AvgIpc) is 3.12. The molecule has 1 fully saturated rings. The molecule has 1 amide bonds. The van der Waals surface area contributed by atoms with Gasteiger partial charge in [-0.25, -0.2) is 4.98 Å². The first-order chi connectivity index (χ1) is 14.3. The Hall–Kier alpha value is -3.18. The van der Waals surface area contributed by atoms with Gasteiger partial charge >= 0.3 is 0 Å². The van der Waals surface area contributed by atoms with Crippen LogP contribution >= 0.6 is 0 Å². The molecule has 2 aliphatic heterocycles. The number of amides is 1. The van der Waals surface area contributed by atoms with Crippen LogP contribution in [0.3, 0.4) is 0 Å². The third kappa shape index (κ3) is 3.74. The molecule has 29 heavy (non-hydrogen) atoms. The number of piperazine rings is 1. The molecule has 5 rings (SSSR count). The standard InChI is InChI=1S/C24H24N4O/c29-24(26-21-9-5-2-6-10-21)20-13-19-14-22-17-27(16-18-7-3-1-4-8-18)11-12-28(22)23(19)25-15-20/h1-10,13,15,22H,11-12,14,16-17H2,(H,26,29). The van der Waals surface area contributed by atoms with Gasteiger partial charge in [0, 0.05) is 44.1 Å². The van der Waals surface area contributed by atoms with Gasteiger partial charge in [0.2, 0.25) is 0 Å². The fourth-order valence-corrected chi connectivity index (χ4v) is 4.37.